The van der Waals surface area contributed by atoms with Gasteiger partial charge in [0.25, 0.3) is 5.69 Å². The number of anilines is 1. The van der Waals surface area contributed by atoms with Crippen molar-refractivity contribution in [3.63, 3.8) is 0 Å². The van der Waals surface area contributed by atoms with Crippen molar-refractivity contribution in [2.45, 2.75) is 0 Å². The Balaban J connectivity index is 0.000000152. The first-order valence-corrected chi connectivity index (χ1v) is 7.40. The summed E-state index contributed by atoms with van der Waals surface area (Å²) in [4.78, 5) is 32.3. The molecule has 0 aliphatic heterocycles. The van der Waals surface area contributed by atoms with Crippen molar-refractivity contribution in [3.8, 4) is 0 Å². The normalized spacial score (nSPS) is 10.3. The Labute approximate surface area is 145 Å². The summed E-state index contributed by atoms with van der Waals surface area (Å²) in [5, 5.41) is 12.4. The fourth-order valence-electron chi connectivity index (χ4n) is 2.47. The van der Waals surface area contributed by atoms with Crippen molar-refractivity contribution in [1.82, 2.24) is 0 Å². The monoisotopic (exact) mass is 352 g/mol. The largest absolute Gasteiger partial charge is 0.431 e. The quantitative estimate of drug-likeness (QED) is 0.316. The average molecular weight is 352 g/mol. The first-order valence-electron chi connectivity index (χ1n) is 7.40. The minimum Gasteiger partial charge on any atom is -0.431 e. The van der Waals surface area contributed by atoms with Crippen LogP contribution in [-0.2, 0) is 0 Å². The molecule has 4 rings (SSSR count). The second-order valence-corrected chi connectivity index (χ2v) is 5.22. The van der Waals surface area contributed by atoms with Crippen LogP contribution in [0.15, 0.2) is 79.5 Å². The van der Waals surface area contributed by atoms with Crippen LogP contribution < -0.4 is 17.0 Å². The lowest BCUT2D eigenvalue weighted by atomic mass is 10.1. The fourth-order valence-corrected chi connectivity index (χ4v) is 2.47. The van der Waals surface area contributed by atoms with E-state index in [4.69, 9.17) is 5.73 Å². The molecule has 2 N–H and O–H groups in total. The number of nitrogens with zero attached hydrogens (tertiary/aromatic N) is 1. The molecule has 0 unspecified atom stereocenters. The van der Waals surface area contributed by atoms with Crippen molar-refractivity contribution in [1.29, 1.82) is 0 Å². The summed E-state index contributed by atoms with van der Waals surface area (Å²) in [6.07, 6.45) is 2.50. The van der Waals surface area contributed by atoms with E-state index in [0.29, 0.717) is 16.5 Å². The van der Waals surface area contributed by atoms with E-state index in [1.807, 2.05) is 0 Å². The van der Waals surface area contributed by atoms with E-state index in [1.165, 1.54) is 30.5 Å². The summed E-state index contributed by atoms with van der Waals surface area (Å²) in [5.41, 5.74) is 5.24. The van der Waals surface area contributed by atoms with Crippen LogP contribution in [0.25, 0.3) is 21.5 Å². The number of hydrogen-bond donors (Lipinski definition) is 1. The Morgan fingerprint density at radius 2 is 1.31 bits per heavy atom. The van der Waals surface area contributed by atoms with E-state index in [9.17, 15) is 19.7 Å². The highest BCUT2D eigenvalue weighted by atomic mass is 16.6. The van der Waals surface area contributed by atoms with Crippen molar-refractivity contribution in [3.05, 3.63) is 92.0 Å². The fraction of sp³-hybridized carbons (Fsp3) is 0. The van der Waals surface area contributed by atoms with Crippen molar-refractivity contribution < 1.29 is 13.8 Å². The maximum atomic E-state index is 11.2. The highest BCUT2D eigenvalue weighted by molar-refractivity contribution is 5.91. The highest BCUT2D eigenvalue weighted by Gasteiger charge is 2.12. The smallest absolute Gasteiger partial charge is 0.343 e. The lowest BCUT2D eigenvalue weighted by Crippen LogP contribution is -1.99. The number of nitrogens with two attached hydrogens (primary N) is 1. The van der Waals surface area contributed by atoms with Gasteiger partial charge in [-0.25, -0.2) is 9.59 Å². The van der Waals surface area contributed by atoms with Gasteiger partial charge in [0.1, 0.15) is 0 Å². The second kappa shape index (κ2) is 6.89. The highest BCUT2D eigenvalue weighted by Crippen LogP contribution is 2.22. The molecular weight excluding hydrogens is 340 g/mol. The van der Waals surface area contributed by atoms with Gasteiger partial charge in [0, 0.05) is 17.1 Å². The molecule has 26 heavy (non-hydrogen) atoms. The van der Waals surface area contributed by atoms with Crippen LogP contribution in [0.2, 0.25) is 0 Å². The molecule has 0 atom stereocenters. The van der Waals surface area contributed by atoms with Crippen LogP contribution >= 0.6 is 0 Å². The maximum absolute atomic E-state index is 11.2. The van der Waals surface area contributed by atoms with Crippen molar-refractivity contribution in [2.75, 3.05) is 5.73 Å². The van der Waals surface area contributed by atoms with E-state index in [1.54, 1.807) is 24.3 Å². The topological polar surface area (TPSA) is 130 Å². The van der Waals surface area contributed by atoms with E-state index in [2.05, 4.69) is 8.83 Å². The number of rotatable bonds is 1. The maximum Gasteiger partial charge on any atom is 0.343 e. The predicted octanol–water partition coefficient (Wildman–Crippen LogP) is 3.08. The molecule has 0 fully saturated rings. The molecule has 2 aromatic carbocycles. The molecule has 0 amide bonds. The van der Waals surface area contributed by atoms with E-state index < -0.39 is 10.5 Å². The predicted molar refractivity (Wildman–Crippen MR) is 96.0 cm³/mol. The van der Waals surface area contributed by atoms with E-state index >= 15 is 0 Å². The molecule has 0 bridgehead atoms. The minimum absolute atomic E-state index is 0.0876. The van der Waals surface area contributed by atoms with Crippen molar-refractivity contribution in [2.24, 2.45) is 0 Å². The Morgan fingerprint density at radius 3 is 1.88 bits per heavy atom. The number of fused-ring (bicyclic) bond motifs is 2. The molecule has 0 saturated heterocycles. The third kappa shape index (κ3) is 3.16. The van der Waals surface area contributed by atoms with Crippen LogP contribution in [0.1, 0.15) is 0 Å². The molecule has 0 saturated carbocycles. The number of nitro benzene ring substituents is 1. The third-order valence-corrected chi connectivity index (χ3v) is 3.68. The van der Waals surface area contributed by atoms with Gasteiger partial charge in [0.15, 0.2) is 0 Å². The summed E-state index contributed by atoms with van der Waals surface area (Å²) in [5.74, 6) is 0. The first kappa shape index (κ1) is 16.9. The Kier molecular flexibility index (Phi) is 4.48. The van der Waals surface area contributed by atoms with Gasteiger partial charge in [-0.2, -0.15) is 0 Å². The van der Waals surface area contributed by atoms with Gasteiger partial charge < -0.3 is 14.6 Å². The second-order valence-electron chi connectivity index (χ2n) is 5.22. The van der Waals surface area contributed by atoms with Gasteiger partial charge in [0.05, 0.1) is 33.6 Å². The van der Waals surface area contributed by atoms with Gasteiger partial charge in [0.2, 0.25) is 0 Å². The number of nitrogen functional groups attached to an aromatic ring is 1. The lowest BCUT2D eigenvalue weighted by Gasteiger charge is -1.97. The Morgan fingerprint density at radius 1 is 0.769 bits per heavy atom. The van der Waals surface area contributed by atoms with Gasteiger partial charge in [-0.1, -0.05) is 12.1 Å². The summed E-state index contributed by atoms with van der Waals surface area (Å²) >= 11 is 0. The summed E-state index contributed by atoms with van der Waals surface area (Å²) in [6.45, 7) is 0. The molecule has 2 heterocycles. The summed E-state index contributed by atoms with van der Waals surface area (Å²) in [7, 11) is 0. The lowest BCUT2D eigenvalue weighted by molar-refractivity contribution is -0.383. The first-order chi connectivity index (χ1) is 12.5. The summed E-state index contributed by atoms with van der Waals surface area (Å²) in [6, 6.07) is 12.6. The zero-order valence-corrected chi connectivity index (χ0v) is 13.2. The van der Waals surface area contributed by atoms with Gasteiger partial charge in [-0.3, -0.25) is 10.1 Å². The number of hydrogen-bond acceptors (Lipinski definition) is 7. The minimum atomic E-state index is -0.564. The standard InChI is InChI=1S/C9H5NO4.C9H7NO2/c11-9-7-2-1-3-8(10(12)13)6(7)4-5-14-9;10-8-3-1-2-7-6(8)4-5-12-9(7)11/h1-5H;1-5H,10H2. The zero-order valence-electron chi connectivity index (χ0n) is 13.2. The summed E-state index contributed by atoms with van der Waals surface area (Å²) < 4.78 is 9.28. The molecule has 0 aliphatic rings. The van der Waals surface area contributed by atoms with Gasteiger partial charge in [-0.15, -0.1) is 0 Å². The molecule has 0 aliphatic carbocycles. The van der Waals surface area contributed by atoms with Crippen LogP contribution in [0.4, 0.5) is 11.4 Å². The Hall–Kier alpha value is -3.94. The number of benzene rings is 2. The number of nitro groups is 1. The van der Waals surface area contributed by atoms with Gasteiger partial charge >= 0.3 is 11.3 Å². The Bertz CT molecular complexity index is 1230. The van der Waals surface area contributed by atoms with E-state index in [-0.39, 0.29) is 16.7 Å². The van der Waals surface area contributed by atoms with E-state index in [0.717, 1.165) is 11.6 Å². The molecule has 0 radical (unpaired) electrons. The molecular formula is C18H12N2O6. The molecule has 8 heteroatoms. The SMILES string of the molecule is Nc1cccc2c(=O)occc12.O=c1occc2c([N+](=O)[O-])cccc12. The number of non-ortho nitro benzene ring substituents is 1. The van der Waals surface area contributed by atoms with Crippen LogP contribution in [0.5, 0.6) is 0 Å². The average Bonchev–Trinajstić information content (AvgIpc) is 2.63. The van der Waals surface area contributed by atoms with Gasteiger partial charge in [-0.05, 0) is 30.3 Å². The van der Waals surface area contributed by atoms with Crippen LogP contribution in [0, 0.1) is 10.1 Å². The molecule has 2 aromatic heterocycles. The third-order valence-electron chi connectivity index (χ3n) is 3.68. The van der Waals surface area contributed by atoms with Crippen LogP contribution in [-0.4, -0.2) is 4.92 Å². The molecule has 4 aromatic rings. The molecule has 0 spiro atoms. The van der Waals surface area contributed by atoms with Crippen molar-refractivity contribution >= 4 is 32.9 Å². The molecule has 130 valence electrons. The van der Waals surface area contributed by atoms with Crippen LogP contribution in [0.3, 0.4) is 0 Å². The zero-order chi connectivity index (χ0) is 18.7. The molecule has 8 nitrogen and oxygen atoms in total.